The molecule has 8 heteroatoms. The summed E-state index contributed by atoms with van der Waals surface area (Å²) in [4.78, 5) is 12.5. The molecule has 2 aromatic heterocycles. The summed E-state index contributed by atoms with van der Waals surface area (Å²) < 4.78 is 19.5. The fourth-order valence-corrected chi connectivity index (χ4v) is 2.37. The highest BCUT2D eigenvalue weighted by atomic mass is 19.1. The molecule has 0 aliphatic rings. The molecular weight excluding hydrogens is 325 g/mol. The Labute approximate surface area is 143 Å². The number of anilines is 1. The molecule has 7 nitrogen and oxygen atoms in total. The van der Waals surface area contributed by atoms with Crippen molar-refractivity contribution in [2.75, 3.05) is 12.4 Å². The second-order valence-corrected chi connectivity index (χ2v) is 5.17. The van der Waals surface area contributed by atoms with Crippen molar-refractivity contribution >= 4 is 11.6 Å². The molecular formula is C17H16FN5O2. The Morgan fingerprint density at radius 2 is 1.96 bits per heavy atom. The van der Waals surface area contributed by atoms with E-state index in [0.717, 1.165) is 0 Å². The quantitative estimate of drug-likeness (QED) is 0.771. The number of nitrogens with zero attached hydrogens (tertiary/aromatic N) is 4. The third-order valence-corrected chi connectivity index (χ3v) is 3.60. The van der Waals surface area contributed by atoms with E-state index in [0.29, 0.717) is 35.1 Å². The Morgan fingerprint density at radius 3 is 2.56 bits per heavy atom. The molecule has 128 valence electrons. The first-order valence-electron chi connectivity index (χ1n) is 7.64. The molecule has 3 aromatic rings. The number of nitrogens with one attached hydrogen (secondary N) is 1. The second-order valence-electron chi connectivity index (χ2n) is 5.17. The van der Waals surface area contributed by atoms with Gasteiger partial charge < -0.3 is 10.1 Å². The van der Waals surface area contributed by atoms with E-state index in [1.165, 1.54) is 37.6 Å². The standard InChI is InChI=1S/C17H16FN5O2/c1-3-14-13(17(24)20-12-6-4-11(18)5-7-12)10-19-23(14)15-8-9-16(25-2)22-21-15/h4-10H,3H2,1-2H3,(H,20,24). The third-order valence-electron chi connectivity index (χ3n) is 3.60. The first-order chi connectivity index (χ1) is 12.1. The Hall–Kier alpha value is -3.29. The fourth-order valence-electron chi connectivity index (χ4n) is 2.37. The van der Waals surface area contributed by atoms with Gasteiger partial charge in [-0.25, -0.2) is 9.07 Å². The minimum atomic E-state index is -0.363. The van der Waals surface area contributed by atoms with Crippen LogP contribution < -0.4 is 10.1 Å². The van der Waals surface area contributed by atoms with Gasteiger partial charge in [0.05, 0.1) is 24.6 Å². The zero-order valence-electron chi connectivity index (χ0n) is 13.7. The van der Waals surface area contributed by atoms with Gasteiger partial charge in [0.1, 0.15) is 5.82 Å². The highest BCUT2D eigenvalue weighted by Gasteiger charge is 2.18. The lowest BCUT2D eigenvalue weighted by Gasteiger charge is -2.08. The average Bonchev–Trinajstić information content (AvgIpc) is 3.08. The summed E-state index contributed by atoms with van der Waals surface area (Å²) in [6.45, 7) is 1.92. The van der Waals surface area contributed by atoms with Crippen molar-refractivity contribution in [2.45, 2.75) is 13.3 Å². The number of aromatic nitrogens is 4. The minimum absolute atomic E-state index is 0.323. The van der Waals surface area contributed by atoms with Gasteiger partial charge in [0.25, 0.3) is 5.91 Å². The SMILES string of the molecule is CCc1c(C(=O)Nc2ccc(F)cc2)cnn1-c1ccc(OC)nn1. The van der Waals surface area contributed by atoms with Crippen molar-refractivity contribution in [3.63, 3.8) is 0 Å². The number of hydrogen-bond acceptors (Lipinski definition) is 5. The molecule has 0 aliphatic heterocycles. The van der Waals surface area contributed by atoms with Crippen LogP contribution >= 0.6 is 0 Å². The molecule has 0 saturated carbocycles. The van der Waals surface area contributed by atoms with Gasteiger partial charge in [-0.3, -0.25) is 4.79 Å². The average molecular weight is 341 g/mol. The number of halogens is 1. The predicted molar refractivity (Wildman–Crippen MR) is 89.4 cm³/mol. The molecule has 0 bridgehead atoms. The number of carbonyl (C=O) groups is 1. The summed E-state index contributed by atoms with van der Waals surface area (Å²) in [5.74, 6) is 0.191. The summed E-state index contributed by atoms with van der Waals surface area (Å²) in [5, 5.41) is 14.9. The van der Waals surface area contributed by atoms with Gasteiger partial charge >= 0.3 is 0 Å². The lowest BCUT2D eigenvalue weighted by atomic mass is 10.2. The molecule has 1 N–H and O–H groups in total. The first-order valence-corrected chi connectivity index (χ1v) is 7.64. The van der Waals surface area contributed by atoms with Crippen LogP contribution in [0.5, 0.6) is 5.88 Å². The molecule has 25 heavy (non-hydrogen) atoms. The zero-order valence-corrected chi connectivity index (χ0v) is 13.7. The largest absolute Gasteiger partial charge is 0.480 e. The molecule has 2 heterocycles. The maximum Gasteiger partial charge on any atom is 0.259 e. The van der Waals surface area contributed by atoms with E-state index in [1.807, 2.05) is 6.92 Å². The topological polar surface area (TPSA) is 81.9 Å². The summed E-state index contributed by atoms with van der Waals surface area (Å²) >= 11 is 0. The number of amides is 1. The molecule has 1 aromatic carbocycles. The number of rotatable bonds is 5. The molecule has 0 unspecified atom stereocenters. The number of hydrogen-bond donors (Lipinski definition) is 1. The normalized spacial score (nSPS) is 10.5. The van der Waals surface area contributed by atoms with Crippen molar-refractivity contribution in [1.29, 1.82) is 0 Å². The van der Waals surface area contributed by atoms with Crippen molar-refractivity contribution in [2.24, 2.45) is 0 Å². The summed E-state index contributed by atoms with van der Waals surface area (Å²) in [7, 11) is 1.51. The summed E-state index contributed by atoms with van der Waals surface area (Å²) in [5.41, 5.74) is 1.62. The number of methoxy groups -OCH3 is 1. The van der Waals surface area contributed by atoms with E-state index >= 15 is 0 Å². The minimum Gasteiger partial charge on any atom is -0.480 e. The van der Waals surface area contributed by atoms with E-state index < -0.39 is 0 Å². The molecule has 1 amide bonds. The lowest BCUT2D eigenvalue weighted by molar-refractivity contribution is 0.102. The van der Waals surface area contributed by atoms with E-state index in [2.05, 4.69) is 20.6 Å². The number of ether oxygens (including phenoxy) is 1. The highest BCUT2D eigenvalue weighted by Crippen LogP contribution is 2.17. The van der Waals surface area contributed by atoms with Crippen molar-refractivity contribution in [1.82, 2.24) is 20.0 Å². The van der Waals surface area contributed by atoms with E-state index in [1.54, 1.807) is 16.8 Å². The van der Waals surface area contributed by atoms with Crippen LogP contribution in [0.1, 0.15) is 23.0 Å². The predicted octanol–water partition coefficient (Wildman–Crippen LogP) is 2.62. The van der Waals surface area contributed by atoms with Crippen LogP contribution in [0.2, 0.25) is 0 Å². The Balaban J connectivity index is 1.88. The van der Waals surface area contributed by atoms with Crippen LogP contribution in [0.15, 0.2) is 42.6 Å². The third kappa shape index (κ3) is 3.47. The maximum absolute atomic E-state index is 13.0. The Bertz CT molecular complexity index is 875. The van der Waals surface area contributed by atoms with Gasteiger partial charge in [-0.15, -0.1) is 10.2 Å². The van der Waals surface area contributed by atoms with Gasteiger partial charge in [0.15, 0.2) is 5.82 Å². The van der Waals surface area contributed by atoms with Crippen LogP contribution in [-0.4, -0.2) is 33.0 Å². The first kappa shape index (κ1) is 16.6. The second kappa shape index (κ2) is 7.08. The van der Waals surface area contributed by atoms with E-state index in [9.17, 15) is 9.18 Å². The Morgan fingerprint density at radius 1 is 1.20 bits per heavy atom. The Kier molecular flexibility index (Phi) is 4.69. The van der Waals surface area contributed by atoms with Crippen LogP contribution in [0, 0.1) is 5.82 Å². The van der Waals surface area contributed by atoms with Crippen LogP contribution in [-0.2, 0) is 6.42 Å². The molecule has 0 atom stereocenters. The van der Waals surface area contributed by atoms with E-state index in [4.69, 9.17) is 4.74 Å². The van der Waals surface area contributed by atoms with E-state index in [-0.39, 0.29) is 11.7 Å². The molecule has 0 radical (unpaired) electrons. The smallest absolute Gasteiger partial charge is 0.259 e. The van der Waals surface area contributed by atoms with Gasteiger partial charge in [-0.05, 0) is 36.8 Å². The van der Waals surface area contributed by atoms with Crippen LogP contribution in [0.25, 0.3) is 5.82 Å². The van der Waals surface area contributed by atoms with Gasteiger partial charge in [0.2, 0.25) is 5.88 Å². The molecule has 3 rings (SSSR count). The zero-order chi connectivity index (χ0) is 17.8. The molecule has 0 fully saturated rings. The van der Waals surface area contributed by atoms with Gasteiger partial charge in [-0.2, -0.15) is 5.10 Å². The molecule has 0 saturated heterocycles. The fraction of sp³-hybridized carbons (Fsp3) is 0.176. The highest BCUT2D eigenvalue weighted by molar-refractivity contribution is 6.05. The summed E-state index contributed by atoms with van der Waals surface area (Å²) in [6.07, 6.45) is 2.05. The number of carbonyl (C=O) groups excluding carboxylic acids is 1. The van der Waals surface area contributed by atoms with Gasteiger partial charge in [-0.1, -0.05) is 6.92 Å². The van der Waals surface area contributed by atoms with Crippen molar-refractivity contribution in [3.8, 4) is 11.7 Å². The number of benzene rings is 1. The monoisotopic (exact) mass is 341 g/mol. The van der Waals surface area contributed by atoms with Crippen LogP contribution in [0.3, 0.4) is 0 Å². The van der Waals surface area contributed by atoms with Crippen molar-refractivity contribution in [3.05, 3.63) is 59.7 Å². The van der Waals surface area contributed by atoms with Crippen LogP contribution in [0.4, 0.5) is 10.1 Å². The summed E-state index contributed by atoms with van der Waals surface area (Å²) in [6, 6.07) is 8.94. The lowest BCUT2D eigenvalue weighted by Crippen LogP contribution is -2.14. The maximum atomic E-state index is 13.0. The molecule has 0 aliphatic carbocycles. The molecule has 0 spiro atoms. The van der Waals surface area contributed by atoms with Gasteiger partial charge in [0, 0.05) is 11.8 Å². The van der Waals surface area contributed by atoms with Crippen molar-refractivity contribution < 1.29 is 13.9 Å².